The number of hydrogen-bond donors (Lipinski definition) is 2. The van der Waals surface area contributed by atoms with Crippen molar-refractivity contribution in [2.24, 2.45) is 5.73 Å². The maximum absolute atomic E-state index is 6.12. The number of nitrogen functional groups attached to an aromatic ring is 1. The Hall–Kier alpha value is -2.18. The van der Waals surface area contributed by atoms with E-state index in [-0.39, 0.29) is 6.10 Å². The number of benzene rings is 1. The Bertz CT molecular complexity index is 811. The molecule has 6 nitrogen and oxygen atoms in total. The summed E-state index contributed by atoms with van der Waals surface area (Å²) in [6.07, 6.45) is 0.745. The van der Waals surface area contributed by atoms with Gasteiger partial charge in [0.1, 0.15) is 17.4 Å². The average Bonchev–Trinajstić information content (AvgIpc) is 2.92. The summed E-state index contributed by atoms with van der Waals surface area (Å²) in [5.41, 5.74) is 14.4. The highest BCUT2D eigenvalue weighted by Gasteiger charge is 2.20. The Morgan fingerprint density at radius 1 is 1.27 bits per heavy atom. The van der Waals surface area contributed by atoms with Crippen molar-refractivity contribution in [1.82, 2.24) is 14.5 Å². The van der Waals surface area contributed by atoms with E-state index in [0.717, 1.165) is 40.7 Å². The zero-order chi connectivity index (χ0) is 15.7. The number of rotatable bonds is 5. The van der Waals surface area contributed by atoms with Crippen LogP contribution in [0.1, 0.15) is 25.3 Å². The van der Waals surface area contributed by atoms with E-state index in [1.165, 1.54) is 0 Å². The van der Waals surface area contributed by atoms with Gasteiger partial charge in [0.15, 0.2) is 5.82 Å². The lowest BCUT2D eigenvalue weighted by Crippen LogP contribution is -2.11. The molecular formula is C16H21N5O. The second-order valence-electron chi connectivity index (χ2n) is 5.35. The number of imidazole rings is 1. The molecule has 1 unspecified atom stereocenters. The third kappa shape index (κ3) is 2.30. The van der Waals surface area contributed by atoms with Crippen LogP contribution in [0.15, 0.2) is 24.3 Å². The van der Waals surface area contributed by atoms with Crippen LogP contribution >= 0.6 is 0 Å². The van der Waals surface area contributed by atoms with Crippen LogP contribution in [0, 0.1) is 0 Å². The summed E-state index contributed by atoms with van der Waals surface area (Å²) in [6.45, 7) is 3.38. The van der Waals surface area contributed by atoms with Gasteiger partial charge in [0.05, 0.1) is 11.0 Å². The molecule has 0 saturated carbocycles. The Labute approximate surface area is 129 Å². The maximum Gasteiger partial charge on any atom is 0.152 e. The molecule has 0 amide bonds. The number of pyridine rings is 1. The van der Waals surface area contributed by atoms with Crippen molar-refractivity contribution in [3.63, 3.8) is 0 Å². The number of para-hydroxylation sites is 1. The van der Waals surface area contributed by atoms with E-state index in [9.17, 15) is 0 Å². The zero-order valence-corrected chi connectivity index (χ0v) is 12.9. The molecule has 2 aromatic heterocycles. The number of anilines is 1. The van der Waals surface area contributed by atoms with Gasteiger partial charge in [-0.1, -0.05) is 18.2 Å². The number of hydrogen-bond acceptors (Lipinski definition) is 5. The van der Waals surface area contributed by atoms with Crippen LogP contribution in [-0.2, 0) is 11.3 Å². The monoisotopic (exact) mass is 299 g/mol. The minimum Gasteiger partial charge on any atom is -0.382 e. The van der Waals surface area contributed by atoms with Gasteiger partial charge in [-0.25, -0.2) is 9.97 Å². The summed E-state index contributed by atoms with van der Waals surface area (Å²) in [5.74, 6) is 1.31. The summed E-state index contributed by atoms with van der Waals surface area (Å²) < 4.78 is 7.63. The SMILES string of the molecule is COC(C)c1nc2c(N)nc3ccccc3c2n1CCCN. The molecule has 0 bridgehead atoms. The molecule has 3 aromatic rings. The minimum absolute atomic E-state index is 0.122. The first-order chi connectivity index (χ1) is 10.7. The van der Waals surface area contributed by atoms with E-state index in [2.05, 4.69) is 9.55 Å². The van der Waals surface area contributed by atoms with Crippen LogP contribution in [0.4, 0.5) is 5.82 Å². The first-order valence-corrected chi connectivity index (χ1v) is 7.44. The van der Waals surface area contributed by atoms with Crippen molar-refractivity contribution in [2.75, 3.05) is 19.4 Å². The highest BCUT2D eigenvalue weighted by Crippen LogP contribution is 2.31. The first-order valence-electron chi connectivity index (χ1n) is 7.44. The smallest absolute Gasteiger partial charge is 0.152 e. The van der Waals surface area contributed by atoms with Gasteiger partial charge in [0.25, 0.3) is 0 Å². The quantitative estimate of drug-likeness (QED) is 0.753. The predicted molar refractivity (Wildman–Crippen MR) is 88.5 cm³/mol. The standard InChI is InChI=1S/C16H21N5O/c1-10(22-2)16-20-13-14(21(16)9-5-8-17)11-6-3-4-7-12(11)19-15(13)18/h3-4,6-7,10H,5,8-9,17H2,1-2H3,(H2,18,19). The molecule has 2 heterocycles. The summed E-state index contributed by atoms with van der Waals surface area (Å²) in [6, 6.07) is 7.97. The Kier molecular flexibility index (Phi) is 3.96. The Morgan fingerprint density at radius 3 is 2.77 bits per heavy atom. The Balaban J connectivity index is 2.37. The third-order valence-electron chi connectivity index (χ3n) is 3.94. The number of ether oxygens (including phenoxy) is 1. The normalized spacial score (nSPS) is 13.0. The van der Waals surface area contributed by atoms with E-state index in [1.807, 2.05) is 31.2 Å². The average molecular weight is 299 g/mol. The molecule has 0 spiro atoms. The summed E-state index contributed by atoms with van der Waals surface area (Å²) in [7, 11) is 1.68. The molecule has 116 valence electrons. The molecule has 3 rings (SSSR count). The van der Waals surface area contributed by atoms with Gasteiger partial charge in [-0.05, 0) is 26.0 Å². The summed E-state index contributed by atoms with van der Waals surface area (Å²) in [5, 5.41) is 1.05. The highest BCUT2D eigenvalue weighted by molar-refractivity contribution is 6.06. The van der Waals surface area contributed by atoms with Crippen molar-refractivity contribution >= 4 is 27.8 Å². The van der Waals surface area contributed by atoms with Crippen molar-refractivity contribution in [3.8, 4) is 0 Å². The van der Waals surface area contributed by atoms with Gasteiger partial charge in [-0.3, -0.25) is 0 Å². The molecule has 0 saturated heterocycles. The molecule has 4 N–H and O–H groups in total. The highest BCUT2D eigenvalue weighted by atomic mass is 16.5. The first kappa shape index (κ1) is 14.7. The maximum atomic E-state index is 6.12. The van der Waals surface area contributed by atoms with Crippen LogP contribution in [0.3, 0.4) is 0 Å². The van der Waals surface area contributed by atoms with E-state index >= 15 is 0 Å². The van der Waals surface area contributed by atoms with Crippen molar-refractivity contribution in [2.45, 2.75) is 26.0 Å². The Morgan fingerprint density at radius 2 is 2.05 bits per heavy atom. The fourth-order valence-electron chi connectivity index (χ4n) is 2.77. The third-order valence-corrected chi connectivity index (χ3v) is 3.94. The van der Waals surface area contributed by atoms with E-state index in [1.54, 1.807) is 7.11 Å². The molecule has 0 aliphatic rings. The number of methoxy groups -OCH3 is 1. The van der Waals surface area contributed by atoms with Gasteiger partial charge in [0.2, 0.25) is 0 Å². The second kappa shape index (κ2) is 5.90. The van der Waals surface area contributed by atoms with Crippen LogP contribution in [0.25, 0.3) is 21.9 Å². The van der Waals surface area contributed by atoms with Crippen molar-refractivity contribution in [3.05, 3.63) is 30.1 Å². The fourth-order valence-corrected chi connectivity index (χ4v) is 2.77. The number of nitrogens with two attached hydrogens (primary N) is 2. The van der Waals surface area contributed by atoms with E-state index in [0.29, 0.717) is 12.4 Å². The topological polar surface area (TPSA) is 92.0 Å². The molecule has 0 radical (unpaired) electrons. The lowest BCUT2D eigenvalue weighted by molar-refractivity contribution is 0.109. The molecule has 22 heavy (non-hydrogen) atoms. The molecule has 1 atom stereocenters. The number of nitrogens with zero attached hydrogens (tertiary/aromatic N) is 3. The fraction of sp³-hybridized carbons (Fsp3) is 0.375. The molecule has 1 aromatic carbocycles. The van der Waals surface area contributed by atoms with Gasteiger partial charge < -0.3 is 20.8 Å². The predicted octanol–water partition coefficient (Wildman–Crippen LogP) is 2.22. The summed E-state index contributed by atoms with van der Waals surface area (Å²) in [4.78, 5) is 9.16. The summed E-state index contributed by atoms with van der Waals surface area (Å²) >= 11 is 0. The van der Waals surface area contributed by atoms with Gasteiger partial charge in [0, 0.05) is 19.0 Å². The van der Waals surface area contributed by atoms with E-state index < -0.39 is 0 Å². The molecular weight excluding hydrogens is 278 g/mol. The molecule has 0 aliphatic heterocycles. The number of aryl methyl sites for hydroxylation is 1. The largest absolute Gasteiger partial charge is 0.382 e. The number of aromatic nitrogens is 3. The zero-order valence-electron chi connectivity index (χ0n) is 12.9. The lowest BCUT2D eigenvalue weighted by atomic mass is 10.2. The van der Waals surface area contributed by atoms with Crippen LogP contribution < -0.4 is 11.5 Å². The molecule has 0 fully saturated rings. The molecule has 0 aliphatic carbocycles. The van der Waals surface area contributed by atoms with Gasteiger partial charge in [-0.2, -0.15) is 0 Å². The molecule has 6 heteroatoms. The number of fused-ring (bicyclic) bond motifs is 3. The van der Waals surface area contributed by atoms with Crippen LogP contribution in [-0.4, -0.2) is 28.2 Å². The van der Waals surface area contributed by atoms with Crippen LogP contribution in [0.5, 0.6) is 0 Å². The van der Waals surface area contributed by atoms with E-state index in [4.69, 9.17) is 21.2 Å². The lowest BCUT2D eigenvalue weighted by Gasteiger charge is -2.13. The van der Waals surface area contributed by atoms with Crippen LogP contribution in [0.2, 0.25) is 0 Å². The van der Waals surface area contributed by atoms with Crippen molar-refractivity contribution < 1.29 is 4.74 Å². The minimum atomic E-state index is -0.122. The second-order valence-corrected chi connectivity index (χ2v) is 5.35. The van der Waals surface area contributed by atoms with Gasteiger partial charge in [-0.15, -0.1) is 0 Å². The van der Waals surface area contributed by atoms with Gasteiger partial charge >= 0.3 is 0 Å². The van der Waals surface area contributed by atoms with Crippen molar-refractivity contribution in [1.29, 1.82) is 0 Å².